The summed E-state index contributed by atoms with van der Waals surface area (Å²) in [6.07, 6.45) is 6.42. The van der Waals surface area contributed by atoms with E-state index in [1.807, 2.05) is 4.90 Å². The number of hydrogen-bond donors (Lipinski definition) is 1. The van der Waals surface area contributed by atoms with Crippen LogP contribution in [0.4, 0.5) is 10.2 Å². The first-order valence-corrected chi connectivity index (χ1v) is 6.75. The van der Waals surface area contributed by atoms with Gasteiger partial charge in [0.15, 0.2) is 11.6 Å². The average Bonchev–Trinajstić information content (AvgIpc) is 3.23. The van der Waals surface area contributed by atoms with Gasteiger partial charge in [-0.05, 0) is 25.7 Å². The molecule has 19 heavy (non-hydrogen) atoms. The second-order valence-electron chi connectivity index (χ2n) is 5.26. The number of nitrogens with one attached hydrogen (secondary N) is 1. The molecule has 5 nitrogen and oxygen atoms in total. The number of carbonyl (C=O) groups is 1. The van der Waals surface area contributed by atoms with Crippen molar-refractivity contribution in [1.29, 1.82) is 0 Å². The molecule has 1 unspecified atom stereocenters. The maximum atomic E-state index is 13.7. The van der Waals surface area contributed by atoms with Gasteiger partial charge < -0.3 is 10.2 Å². The molecule has 1 saturated carbocycles. The summed E-state index contributed by atoms with van der Waals surface area (Å²) in [6, 6.07) is 0.374. The lowest BCUT2D eigenvalue weighted by Crippen LogP contribution is -2.44. The Bertz CT molecular complexity index is 477. The molecular formula is C13H17FN4O. The Kier molecular flexibility index (Phi) is 3.31. The van der Waals surface area contributed by atoms with Gasteiger partial charge in [0.05, 0.1) is 12.1 Å². The first-order valence-electron chi connectivity index (χ1n) is 6.75. The molecular weight excluding hydrogens is 247 g/mol. The molecule has 0 radical (unpaired) electrons. The number of amides is 1. The first-order chi connectivity index (χ1) is 9.24. The molecule has 1 aliphatic carbocycles. The summed E-state index contributed by atoms with van der Waals surface area (Å²) < 4.78 is 13.7. The second-order valence-corrected chi connectivity index (χ2v) is 5.26. The van der Waals surface area contributed by atoms with Crippen molar-refractivity contribution in [3.05, 3.63) is 18.3 Å². The van der Waals surface area contributed by atoms with Gasteiger partial charge in [0.1, 0.15) is 6.33 Å². The van der Waals surface area contributed by atoms with E-state index >= 15 is 0 Å². The normalized spacial score (nSPS) is 23.2. The van der Waals surface area contributed by atoms with Gasteiger partial charge in [0.25, 0.3) is 0 Å². The van der Waals surface area contributed by atoms with Crippen molar-refractivity contribution in [2.45, 2.75) is 31.7 Å². The van der Waals surface area contributed by atoms with Crippen LogP contribution in [0.3, 0.4) is 0 Å². The van der Waals surface area contributed by atoms with Crippen LogP contribution in [-0.4, -0.2) is 35.0 Å². The topological polar surface area (TPSA) is 58.1 Å². The summed E-state index contributed by atoms with van der Waals surface area (Å²) in [5, 5.41) is 3.02. The summed E-state index contributed by atoms with van der Waals surface area (Å²) in [7, 11) is 0. The van der Waals surface area contributed by atoms with Crippen LogP contribution in [0.25, 0.3) is 0 Å². The zero-order valence-electron chi connectivity index (χ0n) is 10.7. The van der Waals surface area contributed by atoms with E-state index in [9.17, 15) is 9.18 Å². The van der Waals surface area contributed by atoms with E-state index in [1.54, 1.807) is 0 Å². The number of halogens is 1. The highest BCUT2D eigenvalue weighted by Crippen LogP contribution is 2.25. The van der Waals surface area contributed by atoms with Crippen LogP contribution in [0.15, 0.2) is 12.5 Å². The van der Waals surface area contributed by atoms with Gasteiger partial charge >= 0.3 is 0 Å². The van der Waals surface area contributed by atoms with E-state index in [2.05, 4.69) is 15.3 Å². The minimum Gasteiger partial charge on any atom is -0.353 e. The maximum absolute atomic E-state index is 13.7. The van der Waals surface area contributed by atoms with Crippen LogP contribution < -0.4 is 10.2 Å². The molecule has 0 aromatic carbocycles. The predicted octanol–water partition coefficient (Wildman–Crippen LogP) is 1.11. The van der Waals surface area contributed by atoms with E-state index in [0.717, 1.165) is 38.4 Å². The molecule has 0 spiro atoms. The third kappa shape index (κ3) is 2.83. The number of piperidine rings is 1. The predicted molar refractivity (Wildman–Crippen MR) is 68.1 cm³/mol. The van der Waals surface area contributed by atoms with Gasteiger partial charge in [-0.3, -0.25) is 4.79 Å². The monoisotopic (exact) mass is 264 g/mol. The number of rotatable bonds is 3. The fourth-order valence-corrected chi connectivity index (χ4v) is 2.47. The smallest absolute Gasteiger partial charge is 0.225 e. The van der Waals surface area contributed by atoms with Gasteiger partial charge in [0, 0.05) is 19.1 Å². The minimum atomic E-state index is -0.425. The fraction of sp³-hybridized carbons (Fsp3) is 0.615. The molecule has 1 N–H and O–H groups in total. The summed E-state index contributed by atoms with van der Waals surface area (Å²) in [4.78, 5) is 21.5. The molecule has 6 heteroatoms. The molecule has 1 atom stereocenters. The van der Waals surface area contributed by atoms with E-state index in [-0.39, 0.29) is 11.8 Å². The Balaban J connectivity index is 1.67. The Morgan fingerprint density at radius 1 is 1.42 bits per heavy atom. The lowest BCUT2D eigenvalue weighted by molar-refractivity contribution is -0.125. The van der Waals surface area contributed by atoms with Crippen molar-refractivity contribution in [2.24, 2.45) is 5.92 Å². The molecule has 0 bridgehead atoms. The van der Waals surface area contributed by atoms with Crippen molar-refractivity contribution in [3.8, 4) is 0 Å². The van der Waals surface area contributed by atoms with Crippen molar-refractivity contribution in [2.75, 3.05) is 18.0 Å². The van der Waals surface area contributed by atoms with E-state index < -0.39 is 5.82 Å². The molecule has 1 aromatic rings. The molecule has 2 fully saturated rings. The van der Waals surface area contributed by atoms with Gasteiger partial charge in [-0.2, -0.15) is 0 Å². The highest BCUT2D eigenvalue weighted by Gasteiger charge is 2.31. The minimum absolute atomic E-state index is 0.0660. The van der Waals surface area contributed by atoms with Crippen LogP contribution in [0.1, 0.15) is 25.7 Å². The lowest BCUT2D eigenvalue weighted by Gasteiger charge is -2.32. The Labute approximate surface area is 111 Å². The van der Waals surface area contributed by atoms with Crippen molar-refractivity contribution in [3.63, 3.8) is 0 Å². The highest BCUT2D eigenvalue weighted by atomic mass is 19.1. The van der Waals surface area contributed by atoms with Gasteiger partial charge in [-0.25, -0.2) is 14.4 Å². The third-order valence-electron chi connectivity index (χ3n) is 3.66. The van der Waals surface area contributed by atoms with Crippen LogP contribution in [0, 0.1) is 11.7 Å². The van der Waals surface area contributed by atoms with Crippen molar-refractivity contribution < 1.29 is 9.18 Å². The van der Waals surface area contributed by atoms with Crippen LogP contribution in [0.5, 0.6) is 0 Å². The van der Waals surface area contributed by atoms with E-state index in [1.165, 1.54) is 6.33 Å². The zero-order chi connectivity index (χ0) is 13.2. The quantitative estimate of drug-likeness (QED) is 0.888. The zero-order valence-corrected chi connectivity index (χ0v) is 10.7. The van der Waals surface area contributed by atoms with E-state index in [0.29, 0.717) is 18.4 Å². The summed E-state index contributed by atoms with van der Waals surface area (Å²) in [5.74, 6) is -0.0879. The van der Waals surface area contributed by atoms with Gasteiger partial charge in [-0.1, -0.05) is 0 Å². The molecule has 102 valence electrons. The molecule has 1 aliphatic heterocycles. The van der Waals surface area contributed by atoms with Gasteiger partial charge in [-0.15, -0.1) is 0 Å². The van der Waals surface area contributed by atoms with Crippen molar-refractivity contribution in [1.82, 2.24) is 15.3 Å². The van der Waals surface area contributed by atoms with Crippen LogP contribution in [-0.2, 0) is 4.79 Å². The average molecular weight is 264 g/mol. The Hall–Kier alpha value is -1.72. The number of anilines is 1. The van der Waals surface area contributed by atoms with Crippen molar-refractivity contribution >= 4 is 11.7 Å². The number of carbonyl (C=O) groups excluding carboxylic acids is 1. The van der Waals surface area contributed by atoms with Crippen LogP contribution in [0.2, 0.25) is 0 Å². The van der Waals surface area contributed by atoms with E-state index in [4.69, 9.17) is 0 Å². The summed E-state index contributed by atoms with van der Waals surface area (Å²) >= 11 is 0. The Morgan fingerprint density at radius 2 is 2.26 bits per heavy atom. The number of hydrogen-bond acceptors (Lipinski definition) is 4. The second kappa shape index (κ2) is 5.11. The first kappa shape index (κ1) is 12.3. The SMILES string of the molecule is O=C(NC1CC1)C1CCCN(c2ncncc2F)C1. The Morgan fingerprint density at radius 3 is 3.00 bits per heavy atom. The number of aromatic nitrogens is 2. The molecule has 1 amide bonds. The summed E-state index contributed by atoms with van der Waals surface area (Å²) in [5.41, 5.74) is 0. The highest BCUT2D eigenvalue weighted by molar-refractivity contribution is 5.80. The lowest BCUT2D eigenvalue weighted by atomic mass is 9.97. The molecule has 2 heterocycles. The summed E-state index contributed by atoms with van der Waals surface area (Å²) in [6.45, 7) is 1.27. The standard InChI is InChI=1S/C13H17FN4O/c14-11-6-15-8-16-12(11)18-5-1-2-9(7-18)13(19)17-10-3-4-10/h6,8-10H,1-5,7H2,(H,17,19). The van der Waals surface area contributed by atoms with Crippen LogP contribution >= 0.6 is 0 Å². The van der Waals surface area contributed by atoms with Gasteiger partial charge in [0.2, 0.25) is 5.91 Å². The number of nitrogens with zero attached hydrogens (tertiary/aromatic N) is 3. The molecule has 1 saturated heterocycles. The largest absolute Gasteiger partial charge is 0.353 e. The molecule has 1 aromatic heterocycles. The molecule has 2 aliphatic rings. The fourth-order valence-electron chi connectivity index (χ4n) is 2.47. The maximum Gasteiger partial charge on any atom is 0.225 e. The molecule has 3 rings (SSSR count). The third-order valence-corrected chi connectivity index (χ3v) is 3.66.